The fraction of sp³-hybridized carbons (Fsp3) is 0.538. The molecule has 0 bridgehead atoms. The van der Waals surface area contributed by atoms with Gasteiger partial charge in [-0.15, -0.1) is 0 Å². The van der Waals surface area contributed by atoms with E-state index in [4.69, 9.17) is 0 Å². The summed E-state index contributed by atoms with van der Waals surface area (Å²) < 4.78 is 0. The van der Waals surface area contributed by atoms with Crippen molar-refractivity contribution in [3.8, 4) is 0 Å². The van der Waals surface area contributed by atoms with E-state index < -0.39 is 0 Å². The van der Waals surface area contributed by atoms with E-state index in [-0.39, 0.29) is 0 Å². The van der Waals surface area contributed by atoms with Crippen molar-refractivity contribution in [2.24, 2.45) is 5.92 Å². The molecule has 76 valence electrons. The highest BCUT2D eigenvalue weighted by Crippen LogP contribution is 2.19. The topological polar surface area (TPSA) is 3.24 Å². The van der Waals surface area contributed by atoms with Gasteiger partial charge in [-0.05, 0) is 44.3 Å². The standard InChI is InChI=1S/C13H19N/c1-14-9-5-8-13(11-14)10-12-6-3-2-4-7-12/h2-4,6-7,13H,5,8-11H2,1H3. The van der Waals surface area contributed by atoms with Crippen LogP contribution in [0.25, 0.3) is 0 Å². The van der Waals surface area contributed by atoms with Gasteiger partial charge < -0.3 is 4.90 Å². The lowest BCUT2D eigenvalue weighted by Crippen LogP contribution is -2.32. The molecule has 0 spiro atoms. The highest BCUT2D eigenvalue weighted by molar-refractivity contribution is 5.15. The molecule has 1 atom stereocenters. The number of likely N-dealkylation sites (tertiary alicyclic amines) is 1. The van der Waals surface area contributed by atoms with Crippen molar-refractivity contribution in [2.45, 2.75) is 19.3 Å². The molecule has 1 heterocycles. The molecule has 1 saturated heterocycles. The summed E-state index contributed by atoms with van der Waals surface area (Å²) in [5.41, 5.74) is 1.49. The molecule has 0 N–H and O–H groups in total. The molecule has 0 saturated carbocycles. The zero-order valence-electron chi connectivity index (χ0n) is 8.95. The van der Waals surface area contributed by atoms with Crippen molar-refractivity contribution in [3.63, 3.8) is 0 Å². The first-order chi connectivity index (χ1) is 6.84. The third-order valence-electron chi connectivity index (χ3n) is 3.09. The zero-order valence-corrected chi connectivity index (χ0v) is 8.95. The molecule has 0 amide bonds. The lowest BCUT2D eigenvalue weighted by atomic mass is 9.92. The Morgan fingerprint density at radius 1 is 1.29 bits per heavy atom. The SMILES string of the molecule is CN1CCCC(Cc2ccccc2)C1. The van der Waals surface area contributed by atoms with Gasteiger partial charge in [0.1, 0.15) is 0 Å². The van der Waals surface area contributed by atoms with Crippen molar-refractivity contribution in [3.05, 3.63) is 35.9 Å². The molecule has 2 rings (SSSR count). The van der Waals surface area contributed by atoms with Crippen molar-refractivity contribution >= 4 is 0 Å². The van der Waals surface area contributed by atoms with Crippen LogP contribution in [0.2, 0.25) is 0 Å². The average Bonchev–Trinajstić information content (AvgIpc) is 2.19. The van der Waals surface area contributed by atoms with Gasteiger partial charge in [-0.2, -0.15) is 0 Å². The van der Waals surface area contributed by atoms with Gasteiger partial charge in [0, 0.05) is 6.54 Å². The summed E-state index contributed by atoms with van der Waals surface area (Å²) in [6.07, 6.45) is 4.03. The normalized spacial score (nSPS) is 23.6. The van der Waals surface area contributed by atoms with E-state index in [1.807, 2.05) is 0 Å². The van der Waals surface area contributed by atoms with E-state index in [0.717, 1.165) is 5.92 Å². The van der Waals surface area contributed by atoms with Gasteiger partial charge in [0.15, 0.2) is 0 Å². The maximum Gasteiger partial charge on any atom is 0.000979 e. The second kappa shape index (κ2) is 4.61. The Morgan fingerprint density at radius 2 is 2.07 bits per heavy atom. The summed E-state index contributed by atoms with van der Waals surface area (Å²) in [5, 5.41) is 0. The molecule has 1 aromatic rings. The molecular weight excluding hydrogens is 170 g/mol. The highest BCUT2D eigenvalue weighted by Gasteiger charge is 2.16. The first-order valence-corrected chi connectivity index (χ1v) is 5.57. The quantitative estimate of drug-likeness (QED) is 0.691. The van der Waals surface area contributed by atoms with Crippen LogP contribution in [0.1, 0.15) is 18.4 Å². The Labute approximate surface area is 86.7 Å². The van der Waals surface area contributed by atoms with E-state index in [0.29, 0.717) is 0 Å². The Kier molecular flexibility index (Phi) is 3.20. The van der Waals surface area contributed by atoms with Crippen LogP contribution in [0, 0.1) is 5.92 Å². The lowest BCUT2D eigenvalue weighted by Gasteiger charge is -2.29. The van der Waals surface area contributed by atoms with Gasteiger partial charge in [-0.25, -0.2) is 0 Å². The van der Waals surface area contributed by atoms with Crippen LogP contribution in [-0.2, 0) is 6.42 Å². The Morgan fingerprint density at radius 3 is 2.79 bits per heavy atom. The second-order valence-electron chi connectivity index (χ2n) is 4.46. The number of rotatable bonds is 2. The molecule has 0 aliphatic carbocycles. The van der Waals surface area contributed by atoms with Gasteiger partial charge in [-0.1, -0.05) is 30.3 Å². The molecule has 1 unspecified atom stereocenters. The minimum Gasteiger partial charge on any atom is -0.306 e. The molecule has 0 aromatic heterocycles. The van der Waals surface area contributed by atoms with Crippen LogP contribution in [0.15, 0.2) is 30.3 Å². The smallest absolute Gasteiger partial charge is 0.000979 e. The average molecular weight is 189 g/mol. The van der Waals surface area contributed by atoms with E-state index in [1.165, 1.54) is 37.9 Å². The van der Waals surface area contributed by atoms with Crippen LogP contribution in [-0.4, -0.2) is 25.0 Å². The van der Waals surface area contributed by atoms with Gasteiger partial charge >= 0.3 is 0 Å². The van der Waals surface area contributed by atoms with Crippen LogP contribution >= 0.6 is 0 Å². The van der Waals surface area contributed by atoms with Crippen molar-refractivity contribution < 1.29 is 0 Å². The molecule has 1 aromatic carbocycles. The Hall–Kier alpha value is -0.820. The van der Waals surface area contributed by atoms with E-state index in [9.17, 15) is 0 Å². The molecule has 1 fully saturated rings. The number of hydrogen-bond donors (Lipinski definition) is 0. The maximum absolute atomic E-state index is 2.46. The van der Waals surface area contributed by atoms with Gasteiger partial charge in [-0.3, -0.25) is 0 Å². The molecular formula is C13H19N. The summed E-state index contributed by atoms with van der Waals surface area (Å²) in [5.74, 6) is 0.871. The van der Waals surface area contributed by atoms with Crippen molar-refractivity contribution in [2.75, 3.05) is 20.1 Å². The van der Waals surface area contributed by atoms with Crippen molar-refractivity contribution in [1.29, 1.82) is 0 Å². The molecule has 1 nitrogen and oxygen atoms in total. The zero-order chi connectivity index (χ0) is 9.80. The van der Waals surface area contributed by atoms with E-state index in [1.54, 1.807) is 0 Å². The van der Waals surface area contributed by atoms with Crippen LogP contribution in [0.5, 0.6) is 0 Å². The fourth-order valence-electron chi connectivity index (χ4n) is 2.39. The predicted molar refractivity (Wildman–Crippen MR) is 60.4 cm³/mol. The third-order valence-corrected chi connectivity index (χ3v) is 3.09. The predicted octanol–water partition coefficient (Wildman–Crippen LogP) is 2.57. The first kappa shape index (κ1) is 9.72. The van der Waals surface area contributed by atoms with Crippen LogP contribution < -0.4 is 0 Å². The molecule has 1 aliphatic rings. The molecule has 14 heavy (non-hydrogen) atoms. The largest absolute Gasteiger partial charge is 0.306 e. The number of hydrogen-bond acceptors (Lipinski definition) is 1. The minimum atomic E-state index is 0.871. The first-order valence-electron chi connectivity index (χ1n) is 5.57. The minimum absolute atomic E-state index is 0.871. The van der Waals surface area contributed by atoms with Gasteiger partial charge in [0.05, 0.1) is 0 Å². The van der Waals surface area contributed by atoms with Crippen LogP contribution in [0.3, 0.4) is 0 Å². The number of nitrogens with zero attached hydrogens (tertiary/aromatic N) is 1. The lowest BCUT2D eigenvalue weighted by molar-refractivity contribution is 0.209. The third kappa shape index (κ3) is 2.58. The number of piperidine rings is 1. The van der Waals surface area contributed by atoms with E-state index >= 15 is 0 Å². The summed E-state index contributed by atoms with van der Waals surface area (Å²) in [6.45, 7) is 2.56. The summed E-state index contributed by atoms with van der Waals surface area (Å²) in [7, 11) is 2.23. The van der Waals surface area contributed by atoms with Gasteiger partial charge in [0.25, 0.3) is 0 Å². The van der Waals surface area contributed by atoms with Gasteiger partial charge in [0.2, 0.25) is 0 Å². The van der Waals surface area contributed by atoms with Crippen LogP contribution in [0.4, 0.5) is 0 Å². The molecule has 0 radical (unpaired) electrons. The second-order valence-corrected chi connectivity index (χ2v) is 4.46. The molecule has 1 aliphatic heterocycles. The van der Waals surface area contributed by atoms with E-state index in [2.05, 4.69) is 42.3 Å². The van der Waals surface area contributed by atoms with Crippen molar-refractivity contribution in [1.82, 2.24) is 4.90 Å². The summed E-state index contributed by atoms with van der Waals surface area (Å²) >= 11 is 0. The summed E-state index contributed by atoms with van der Waals surface area (Å²) in [4.78, 5) is 2.46. The number of benzene rings is 1. The fourth-order valence-corrected chi connectivity index (χ4v) is 2.39. The maximum atomic E-state index is 2.46. The summed E-state index contributed by atoms with van der Waals surface area (Å²) in [6, 6.07) is 10.9. The monoisotopic (exact) mass is 189 g/mol. The highest BCUT2D eigenvalue weighted by atomic mass is 15.1. The Balaban J connectivity index is 1.91. The Bertz CT molecular complexity index is 268. The molecule has 1 heteroatoms.